The van der Waals surface area contributed by atoms with E-state index in [1.54, 1.807) is 11.3 Å². The Bertz CT molecular complexity index is 507. The van der Waals surface area contributed by atoms with Crippen LogP contribution < -0.4 is 10.6 Å². The molecule has 1 aliphatic rings. The molecular formula is C17H29IN4OS. The van der Waals surface area contributed by atoms with Gasteiger partial charge in [0, 0.05) is 43.4 Å². The van der Waals surface area contributed by atoms with Crippen LogP contribution in [0, 0.1) is 0 Å². The summed E-state index contributed by atoms with van der Waals surface area (Å²) in [6.07, 6.45) is 2.69. The number of likely N-dealkylation sites (tertiary alicyclic amines) is 1. The van der Waals surface area contributed by atoms with Gasteiger partial charge < -0.3 is 15.5 Å². The Morgan fingerprint density at radius 2 is 2.29 bits per heavy atom. The zero-order valence-electron chi connectivity index (χ0n) is 14.6. The second-order valence-electron chi connectivity index (χ2n) is 5.90. The predicted molar refractivity (Wildman–Crippen MR) is 113 cm³/mol. The Balaban J connectivity index is 0.00000288. The second-order valence-corrected chi connectivity index (χ2v) is 6.88. The van der Waals surface area contributed by atoms with Gasteiger partial charge in [-0.15, -0.1) is 35.3 Å². The van der Waals surface area contributed by atoms with Crippen LogP contribution in [0.25, 0.3) is 0 Å². The number of carbonyl (C=O) groups is 1. The highest BCUT2D eigenvalue weighted by Crippen LogP contribution is 2.20. The van der Waals surface area contributed by atoms with Crippen molar-refractivity contribution >= 4 is 47.2 Å². The number of hydrogen-bond acceptors (Lipinski definition) is 3. The first-order chi connectivity index (χ1) is 11.2. The summed E-state index contributed by atoms with van der Waals surface area (Å²) in [6.45, 7) is 8.51. The first kappa shape index (κ1) is 21.2. The zero-order chi connectivity index (χ0) is 16.5. The molecule has 0 radical (unpaired) electrons. The number of carbonyl (C=O) groups excluding carboxylic acids is 1. The average molecular weight is 464 g/mol. The minimum atomic E-state index is 0. The van der Waals surface area contributed by atoms with Gasteiger partial charge in [-0.1, -0.05) is 13.0 Å². The molecule has 7 heteroatoms. The largest absolute Gasteiger partial charge is 0.357 e. The van der Waals surface area contributed by atoms with Crippen LogP contribution in [0.3, 0.4) is 0 Å². The molecule has 0 saturated carbocycles. The molecular weight excluding hydrogens is 435 g/mol. The van der Waals surface area contributed by atoms with E-state index in [0.717, 1.165) is 57.9 Å². The summed E-state index contributed by atoms with van der Waals surface area (Å²) in [5.41, 5.74) is 0. The molecule has 1 saturated heterocycles. The minimum absolute atomic E-state index is 0. The molecule has 5 nitrogen and oxygen atoms in total. The SMILES string of the molecule is CCNC(=NCC(C)c1cccs1)NCCCN1CCCC1=O.I. The van der Waals surface area contributed by atoms with E-state index in [1.807, 2.05) is 4.90 Å². The van der Waals surface area contributed by atoms with Gasteiger partial charge in [0.25, 0.3) is 0 Å². The maximum atomic E-state index is 11.6. The van der Waals surface area contributed by atoms with Gasteiger partial charge in [0.2, 0.25) is 5.91 Å². The number of thiophene rings is 1. The zero-order valence-corrected chi connectivity index (χ0v) is 17.7. The van der Waals surface area contributed by atoms with Crippen molar-refractivity contribution in [2.24, 2.45) is 4.99 Å². The summed E-state index contributed by atoms with van der Waals surface area (Å²) < 4.78 is 0. The standard InChI is InChI=1S/C17H28N4OS.HI/c1-3-18-17(20-13-14(2)15-7-5-12-23-15)19-9-6-11-21-10-4-8-16(21)22;/h5,7,12,14H,3-4,6,8-11,13H2,1-2H3,(H2,18,19,20);1H. The Labute approximate surface area is 166 Å². The first-order valence-electron chi connectivity index (χ1n) is 8.54. The number of guanidine groups is 1. The molecule has 1 aromatic rings. The van der Waals surface area contributed by atoms with Crippen LogP contribution in [0.1, 0.15) is 43.9 Å². The van der Waals surface area contributed by atoms with E-state index < -0.39 is 0 Å². The maximum absolute atomic E-state index is 11.6. The van der Waals surface area contributed by atoms with Gasteiger partial charge in [-0.25, -0.2) is 0 Å². The van der Waals surface area contributed by atoms with E-state index >= 15 is 0 Å². The number of halogens is 1. The van der Waals surface area contributed by atoms with Crippen molar-refractivity contribution < 1.29 is 4.79 Å². The molecule has 1 aliphatic heterocycles. The van der Waals surface area contributed by atoms with E-state index in [1.165, 1.54) is 4.88 Å². The number of nitrogens with zero attached hydrogens (tertiary/aromatic N) is 2. The van der Waals surface area contributed by atoms with Crippen LogP contribution in [0.2, 0.25) is 0 Å². The lowest BCUT2D eigenvalue weighted by Crippen LogP contribution is -2.39. The fourth-order valence-electron chi connectivity index (χ4n) is 2.65. The number of hydrogen-bond donors (Lipinski definition) is 2. The summed E-state index contributed by atoms with van der Waals surface area (Å²) in [7, 11) is 0. The molecule has 0 bridgehead atoms. The van der Waals surface area contributed by atoms with Crippen molar-refractivity contribution in [3.05, 3.63) is 22.4 Å². The highest BCUT2D eigenvalue weighted by Gasteiger charge is 2.18. The summed E-state index contributed by atoms with van der Waals surface area (Å²) in [5.74, 6) is 1.60. The molecule has 1 amide bonds. The molecule has 1 atom stereocenters. The van der Waals surface area contributed by atoms with E-state index in [0.29, 0.717) is 11.8 Å². The summed E-state index contributed by atoms with van der Waals surface area (Å²) >= 11 is 1.78. The molecule has 0 spiro atoms. The lowest BCUT2D eigenvalue weighted by atomic mass is 10.1. The van der Waals surface area contributed by atoms with Crippen LogP contribution in [0.5, 0.6) is 0 Å². The topological polar surface area (TPSA) is 56.7 Å². The van der Waals surface area contributed by atoms with Gasteiger partial charge in [-0.3, -0.25) is 9.79 Å². The van der Waals surface area contributed by atoms with E-state index in [9.17, 15) is 4.79 Å². The summed E-state index contributed by atoms with van der Waals surface area (Å²) in [6, 6.07) is 4.25. The van der Waals surface area contributed by atoms with Gasteiger partial charge in [-0.05, 0) is 31.2 Å². The van der Waals surface area contributed by atoms with Gasteiger partial charge in [0.15, 0.2) is 5.96 Å². The van der Waals surface area contributed by atoms with Gasteiger partial charge in [0.05, 0.1) is 6.54 Å². The summed E-state index contributed by atoms with van der Waals surface area (Å²) in [5, 5.41) is 8.76. The van der Waals surface area contributed by atoms with Crippen molar-refractivity contribution in [1.29, 1.82) is 0 Å². The van der Waals surface area contributed by atoms with Gasteiger partial charge in [0.1, 0.15) is 0 Å². The fraction of sp³-hybridized carbons (Fsp3) is 0.647. The van der Waals surface area contributed by atoms with E-state index in [2.05, 4.69) is 47.0 Å². The smallest absolute Gasteiger partial charge is 0.222 e. The molecule has 1 fully saturated rings. The third-order valence-corrected chi connectivity index (χ3v) is 5.07. The molecule has 1 unspecified atom stereocenters. The quantitative estimate of drug-likeness (QED) is 0.269. The van der Waals surface area contributed by atoms with E-state index in [4.69, 9.17) is 0 Å². The van der Waals surface area contributed by atoms with Crippen molar-refractivity contribution in [3.8, 4) is 0 Å². The molecule has 2 rings (SSSR count). The van der Waals surface area contributed by atoms with Gasteiger partial charge in [-0.2, -0.15) is 0 Å². The molecule has 1 aromatic heterocycles. The van der Waals surface area contributed by atoms with Gasteiger partial charge >= 0.3 is 0 Å². The lowest BCUT2D eigenvalue weighted by molar-refractivity contribution is -0.127. The Hall–Kier alpha value is -0.830. The third-order valence-electron chi connectivity index (χ3n) is 3.97. The second kappa shape index (κ2) is 11.7. The highest BCUT2D eigenvalue weighted by molar-refractivity contribution is 14.0. The molecule has 24 heavy (non-hydrogen) atoms. The van der Waals surface area contributed by atoms with Crippen LogP contribution in [0.4, 0.5) is 0 Å². The van der Waals surface area contributed by atoms with E-state index in [-0.39, 0.29) is 24.0 Å². The Morgan fingerprint density at radius 1 is 1.46 bits per heavy atom. The van der Waals surface area contributed by atoms with Crippen LogP contribution in [-0.2, 0) is 4.79 Å². The van der Waals surface area contributed by atoms with Crippen LogP contribution in [-0.4, -0.2) is 49.5 Å². The number of aliphatic imine (C=N–C) groups is 1. The molecule has 0 aliphatic carbocycles. The van der Waals surface area contributed by atoms with Crippen molar-refractivity contribution in [1.82, 2.24) is 15.5 Å². The van der Waals surface area contributed by atoms with Crippen molar-refractivity contribution in [2.45, 2.75) is 39.0 Å². The van der Waals surface area contributed by atoms with Crippen molar-refractivity contribution in [3.63, 3.8) is 0 Å². The minimum Gasteiger partial charge on any atom is -0.357 e. The number of nitrogens with one attached hydrogen (secondary N) is 2. The maximum Gasteiger partial charge on any atom is 0.222 e. The summed E-state index contributed by atoms with van der Waals surface area (Å²) in [4.78, 5) is 19.6. The van der Waals surface area contributed by atoms with Crippen LogP contribution >= 0.6 is 35.3 Å². The predicted octanol–water partition coefficient (Wildman–Crippen LogP) is 3.04. The van der Waals surface area contributed by atoms with Crippen LogP contribution in [0.15, 0.2) is 22.5 Å². The number of rotatable bonds is 8. The third kappa shape index (κ3) is 6.96. The first-order valence-corrected chi connectivity index (χ1v) is 9.42. The molecule has 0 aromatic carbocycles. The average Bonchev–Trinajstić information content (AvgIpc) is 3.20. The Morgan fingerprint density at radius 3 is 2.92 bits per heavy atom. The van der Waals surface area contributed by atoms with Crippen molar-refractivity contribution in [2.75, 3.05) is 32.7 Å². The molecule has 2 heterocycles. The number of amides is 1. The lowest BCUT2D eigenvalue weighted by Gasteiger charge is -2.17. The normalized spacial score (nSPS) is 16.0. The molecule has 136 valence electrons. The fourth-order valence-corrected chi connectivity index (χ4v) is 3.43. The monoisotopic (exact) mass is 464 g/mol. The molecule has 2 N–H and O–H groups in total. The Kier molecular flexibility index (Phi) is 10.3. The highest BCUT2D eigenvalue weighted by atomic mass is 127.